The molecule has 270 valence electrons. The third-order valence-electron chi connectivity index (χ3n) is 11.4. The molecule has 0 fully saturated rings. The van der Waals surface area contributed by atoms with Gasteiger partial charge in [0.15, 0.2) is 11.6 Å². The molecule has 4 aromatic heterocycles. The van der Waals surface area contributed by atoms with Crippen molar-refractivity contribution in [1.29, 1.82) is 0 Å². The molecule has 0 aliphatic carbocycles. The van der Waals surface area contributed by atoms with Gasteiger partial charge in [-0.25, -0.2) is 9.97 Å². The molecule has 58 heavy (non-hydrogen) atoms. The van der Waals surface area contributed by atoms with Crippen LogP contribution in [0.2, 0.25) is 0 Å². The van der Waals surface area contributed by atoms with E-state index >= 15 is 0 Å². The molecule has 12 aromatic rings. The summed E-state index contributed by atoms with van der Waals surface area (Å²) in [6.45, 7) is 0. The zero-order valence-corrected chi connectivity index (χ0v) is 31.2. The summed E-state index contributed by atoms with van der Waals surface area (Å²) in [5.74, 6) is 1.77. The number of para-hydroxylation sites is 3. The predicted octanol–water partition coefficient (Wildman–Crippen LogP) is 12.7. The van der Waals surface area contributed by atoms with E-state index in [1.165, 1.54) is 0 Å². The van der Waals surface area contributed by atoms with E-state index in [2.05, 4.69) is 191 Å². The summed E-state index contributed by atoms with van der Waals surface area (Å²) < 4.78 is 4.52. The van der Waals surface area contributed by atoms with Gasteiger partial charge in [0.25, 0.3) is 0 Å². The second-order valence-electron chi connectivity index (χ2n) is 14.7. The van der Waals surface area contributed by atoms with Gasteiger partial charge in [0, 0.05) is 32.7 Å². The Morgan fingerprint density at radius 2 is 0.759 bits per heavy atom. The highest BCUT2D eigenvalue weighted by atomic mass is 15.2. The molecule has 0 bridgehead atoms. The molecule has 0 saturated heterocycles. The average molecular weight is 741 g/mol. The molecule has 0 atom stereocenters. The van der Waals surface area contributed by atoms with E-state index in [1.807, 2.05) is 12.1 Å². The summed E-state index contributed by atoms with van der Waals surface area (Å²) in [4.78, 5) is 20.9. The first kappa shape index (κ1) is 32.3. The van der Waals surface area contributed by atoms with Crippen LogP contribution in [0.4, 0.5) is 0 Å². The second-order valence-corrected chi connectivity index (χ2v) is 14.7. The minimum absolute atomic E-state index is 0.559. The number of hydrogen-bond donors (Lipinski definition) is 0. The number of imidazole rings is 1. The van der Waals surface area contributed by atoms with Crippen LogP contribution in [-0.2, 0) is 0 Å². The fraction of sp³-hybridized carbons (Fsp3) is 0. The number of fused-ring (bicyclic) bond motifs is 11. The monoisotopic (exact) mass is 740 g/mol. The largest absolute Gasteiger partial charge is 0.292 e. The number of benzene rings is 8. The lowest BCUT2D eigenvalue weighted by Crippen LogP contribution is -2.06. The lowest BCUT2D eigenvalue weighted by molar-refractivity contribution is 0.954. The van der Waals surface area contributed by atoms with Crippen LogP contribution in [0.1, 0.15) is 0 Å². The Bertz CT molecular complexity index is 3430. The number of nitrogens with zero attached hydrogens (tertiary/aromatic N) is 6. The van der Waals surface area contributed by atoms with Gasteiger partial charge in [-0.15, -0.1) is 0 Å². The van der Waals surface area contributed by atoms with Crippen LogP contribution < -0.4 is 0 Å². The van der Waals surface area contributed by atoms with Crippen LogP contribution in [-0.4, -0.2) is 28.9 Å². The summed E-state index contributed by atoms with van der Waals surface area (Å²) in [6.07, 6.45) is 0. The van der Waals surface area contributed by atoms with E-state index in [1.54, 1.807) is 0 Å². The molecular formula is C52H32N6. The maximum Gasteiger partial charge on any atom is 0.238 e. The molecule has 12 rings (SSSR count). The van der Waals surface area contributed by atoms with Crippen LogP contribution >= 0.6 is 0 Å². The van der Waals surface area contributed by atoms with Gasteiger partial charge in [0.1, 0.15) is 5.65 Å². The maximum absolute atomic E-state index is 5.29. The van der Waals surface area contributed by atoms with Crippen molar-refractivity contribution in [3.63, 3.8) is 0 Å². The molecule has 0 saturated carbocycles. The van der Waals surface area contributed by atoms with Crippen LogP contribution in [0.15, 0.2) is 194 Å². The summed E-state index contributed by atoms with van der Waals surface area (Å²) in [7, 11) is 0. The highest BCUT2D eigenvalue weighted by Crippen LogP contribution is 2.39. The van der Waals surface area contributed by atoms with Crippen molar-refractivity contribution in [2.45, 2.75) is 0 Å². The third kappa shape index (κ3) is 5.05. The minimum atomic E-state index is 0.559. The molecule has 0 aliphatic heterocycles. The van der Waals surface area contributed by atoms with Crippen LogP contribution in [0.25, 0.3) is 111 Å². The molecule has 0 N–H and O–H groups in total. The van der Waals surface area contributed by atoms with Gasteiger partial charge in [-0.3, -0.25) is 8.97 Å². The molecule has 4 heterocycles. The van der Waals surface area contributed by atoms with Crippen molar-refractivity contribution in [3.05, 3.63) is 194 Å². The minimum Gasteiger partial charge on any atom is -0.292 e. The van der Waals surface area contributed by atoms with Gasteiger partial charge < -0.3 is 0 Å². The molecule has 6 heteroatoms. The van der Waals surface area contributed by atoms with Crippen LogP contribution in [0, 0.1) is 0 Å². The quantitative estimate of drug-likeness (QED) is 0.165. The van der Waals surface area contributed by atoms with Crippen molar-refractivity contribution in [2.75, 3.05) is 0 Å². The van der Waals surface area contributed by atoms with Crippen molar-refractivity contribution in [1.82, 2.24) is 28.9 Å². The lowest BCUT2D eigenvalue weighted by atomic mass is 10.0. The summed E-state index contributed by atoms with van der Waals surface area (Å²) in [5.41, 5.74) is 12.6. The Labute approximate surface area is 333 Å². The van der Waals surface area contributed by atoms with E-state index in [0.29, 0.717) is 17.6 Å². The fourth-order valence-corrected chi connectivity index (χ4v) is 8.59. The number of pyridine rings is 1. The van der Waals surface area contributed by atoms with Gasteiger partial charge in [0.2, 0.25) is 5.95 Å². The molecule has 0 radical (unpaired) electrons. The van der Waals surface area contributed by atoms with Gasteiger partial charge in [0.05, 0.1) is 27.6 Å². The van der Waals surface area contributed by atoms with Crippen molar-refractivity contribution in [2.24, 2.45) is 0 Å². The van der Waals surface area contributed by atoms with Crippen molar-refractivity contribution >= 4 is 60.2 Å². The Morgan fingerprint density at radius 3 is 1.40 bits per heavy atom. The topological polar surface area (TPSA) is 60.9 Å². The highest BCUT2D eigenvalue weighted by molar-refractivity contribution is 6.20. The zero-order valence-electron chi connectivity index (χ0n) is 31.2. The first-order chi connectivity index (χ1) is 28.7. The van der Waals surface area contributed by atoms with Crippen molar-refractivity contribution < 1.29 is 0 Å². The molecule has 8 aromatic carbocycles. The fourth-order valence-electron chi connectivity index (χ4n) is 8.59. The Morgan fingerprint density at radius 1 is 0.293 bits per heavy atom. The number of hydrogen-bond acceptors (Lipinski definition) is 4. The van der Waals surface area contributed by atoms with Crippen molar-refractivity contribution in [3.8, 4) is 51.0 Å². The number of aromatic nitrogens is 6. The first-order valence-electron chi connectivity index (χ1n) is 19.5. The van der Waals surface area contributed by atoms with Crippen LogP contribution in [0.3, 0.4) is 0 Å². The molecular weight excluding hydrogens is 709 g/mol. The Hall–Kier alpha value is -7.96. The normalized spacial score (nSPS) is 11.8. The summed E-state index contributed by atoms with van der Waals surface area (Å²) >= 11 is 0. The molecule has 6 nitrogen and oxygen atoms in total. The van der Waals surface area contributed by atoms with E-state index in [0.717, 1.165) is 93.5 Å². The SMILES string of the molecule is c1ccc(-c2ccc(-c3nc(-c4ccc(-c5ccccc5)cc4)nc(-n4c5ccccc5c5cc6c(cc54)c4ccccc4c4nc5ccccc5n64)n3)cc2)cc1. The average Bonchev–Trinajstić information content (AvgIpc) is 3.85. The Balaban J connectivity index is 1.12. The number of rotatable bonds is 5. The zero-order chi connectivity index (χ0) is 38.2. The van der Waals surface area contributed by atoms with Gasteiger partial charge in [-0.05, 0) is 58.0 Å². The highest BCUT2D eigenvalue weighted by Gasteiger charge is 2.21. The molecule has 0 amide bonds. The lowest BCUT2D eigenvalue weighted by Gasteiger charge is -2.13. The molecule has 0 spiro atoms. The smallest absolute Gasteiger partial charge is 0.238 e. The Kier molecular flexibility index (Phi) is 7.13. The van der Waals surface area contributed by atoms with Gasteiger partial charge in [-0.2, -0.15) is 9.97 Å². The molecule has 0 aliphatic rings. The van der Waals surface area contributed by atoms with E-state index in [4.69, 9.17) is 19.9 Å². The van der Waals surface area contributed by atoms with E-state index in [-0.39, 0.29) is 0 Å². The summed E-state index contributed by atoms with van der Waals surface area (Å²) in [5, 5.41) is 5.61. The van der Waals surface area contributed by atoms with E-state index < -0.39 is 0 Å². The molecule has 0 unspecified atom stereocenters. The van der Waals surface area contributed by atoms with Gasteiger partial charge in [-0.1, -0.05) is 164 Å². The first-order valence-corrected chi connectivity index (χ1v) is 19.5. The summed E-state index contributed by atoms with van der Waals surface area (Å²) in [6, 6.07) is 68.0. The third-order valence-corrected chi connectivity index (χ3v) is 11.4. The standard InChI is InChI=1S/C52H32N6/c1-3-13-33(14-4-1)35-23-27-37(28-24-35)49-54-50(38-29-25-36(26-30-38)34-15-5-2-6-16-34)56-52(55-49)58-45-21-11-9-18-40(45)43-32-47-42(31-48(43)58)39-17-7-8-19-41(39)51-53-44-20-10-12-22-46(44)57(47)51/h1-32H. The predicted molar refractivity (Wildman–Crippen MR) is 237 cm³/mol. The second kappa shape index (κ2) is 12.8. The van der Waals surface area contributed by atoms with Gasteiger partial charge >= 0.3 is 0 Å². The maximum atomic E-state index is 5.29. The van der Waals surface area contributed by atoms with Crippen LogP contribution in [0.5, 0.6) is 0 Å². The van der Waals surface area contributed by atoms with E-state index in [9.17, 15) is 0 Å².